The highest BCUT2D eigenvalue weighted by atomic mass is 16.7. The van der Waals surface area contributed by atoms with Crippen molar-refractivity contribution in [2.45, 2.75) is 142 Å². The number of cyclic esters (lactones) is 1. The summed E-state index contributed by atoms with van der Waals surface area (Å²) in [7, 11) is 3.07. The molecule has 3 rings (SSSR count). The van der Waals surface area contributed by atoms with Gasteiger partial charge in [0.1, 0.15) is 24.0 Å². The van der Waals surface area contributed by atoms with E-state index in [1.807, 2.05) is 33.8 Å². The van der Waals surface area contributed by atoms with Crippen molar-refractivity contribution in [3.63, 3.8) is 0 Å². The number of aliphatic hydroxyl groups is 2. The summed E-state index contributed by atoms with van der Waals surface area (Å²) in [6, 6.07) is -1.04. The standard InChI is InChI=1S/C36H59NO10/c1-10-25-16-21(4)15-22(5)17-29(44-8)32-30(45-9)18-23(6)36(43,47-32)33(40)34(41)37-14-12-11-13-26(37)35(42)46-31(20(2)3)24(7)27(38)19-28(25)39/h16,20,22-27,29-32,38,43H,10-15,17-19H2,1-9H3/b21-16+/t22-,23+,24+,25+,26-,27-,29-,30-,31+,32+,36+/m0/s1. The van der Waals surface area contributed by atoms with Crippen LogP contribution in [0.5, 0.6) is 0 Å². The van der Waals surface area contributed by atoms with Gasteiger partial charge >= 0.3 is 5.97 Å². The molecule has 11 atom stereocenters. The van der Waals surface area contributed by atoms with E-state index in [9.17, 15) is 29.4 Å². The molecule has 0 saturated carbocycles. The van der Waals surface area contributed by atoms with E-state index in [2.05, 4.69) is 6.92 Å². The second-order valence-electron chi connectivity index (χ2n) is 14.6. The van der Waals surface area contributed by atoms with Gasteiger partial charge in [-0.25, -0.2) is 4.79 Å². The number of amides is 1. The zero-order valence-corrected chi connectivity index (χ0v) is 29.9. The van der Waals surface area contributed by atoms with E-state index in [4.69, 9.17) is 18.9 Å². The van der Waals surface area contributed by atoms with Crippen molar-refractivity contribution in [2.75, 3.05) is 20.8 Å². The second-order valence-corrected chi connectivity index (χ2v) is 14.6. The maximum absolute atomic E-state index is 13.9. The number of hydrogen-bond donors (Lipinski definition) is 2. The zero-order valence-electron chi connectivity index (χ0n) is 29.9. The summed E-state index contributed by atoms with van der Waals surface area (Å²) in [5, 5.41) is 23.0. The Morgan fingerprint density at radius 2 is 1.66 bits per heavy atom. The van der Waals surface area contributed by atoms with Gasteiger partial charge < -0.3 is 34.1 Å². The first-order valence-electron chi connectivity index (χ1n) is 17.5. The smallest absolute Gasteiger partial charge is 0.329 e. The zero-order chi connectivity index (χ0) is 35.2. The number of rotatable bonds is 4. The van der Waals surface area contributed by atoms with E-state index in [0.29, 0.717) is 32.1 Å². The molecule has 2 fully saturated rings. The average Bonchev–Trinajstić information content (AvgIpc) is 3.04. The molecule has 11 nitrogen and oxygen atoms in total. The van der Waals surface area contributed by atoms with Crippen LogP contribution in [0.2, 0.25) is 0 Å². The molecule has 1 amide bonds. The summed E-state index contributed by atoms with van der Waals surface area (Å²) >= 11 is 0. The molecule has 0 aromatic carbocycles. The maximum atomic E-state index is 13.9. The first-order valence-corrected chi connectivity index (χ1v) is 17.5. The van der Waals surface area contributed by atoms with Crippen LogP contribution < -0.4 is 0 Å². The Balaban J connectivity index is 2.07. The van der Waals surface area contributed by atoms with Gasteiger partial charge in [-0.1, -0.05) is 53.2 Å². The summed E-state index contributed by atoms with van der Waals surface area (Å²) in [5.74, 6) is -7.21. The number of ether oxygens (including phenoxy) is 4. The number of piperidine rings is 1. The molecule has 0 unspecified atom stereocenters. The number of hydrogen-bond acceptors (Lipinski definition) is 10. The fraction of sp³-hybridized carbons (Fsp3) is 0.833. The predicted octanol–water partition coefficient (Wildman–Crippen LogP) is 4.01. The molecule has 2 saturated heterocycles. The van der Waals surface area contributed by atoms with Crippen molar-refractivity contribution >= 4 is 23.4 Å². The van der Waals surface area contributed by atoms with E-state index >= 15 is 0 Å². The van der Waals surface area contributed by atoms with Crippen molar-refractivity contribution in [2.24, 2.45) is 29.6 Å². The molecule has 11 heteroatoms. The molecule has 3 heterocycles. The Hall–Kier alpha value is -2.18. The molecule has 47 heavy (non-hydrogen) atoms. The average molecular weight is 666 g/mol. The van der Waals surface area contributed by atoms with Crippen LogP contribution in [0.15, 0.2) is 11.6 Å². The normalized spacial score (nSPS) is 40.3. The SMILES string of the molecule is CC[C@@H]1/C=C(\C)C[C@H](C)C[C@H](OC)[C@H]2O[C@@](O)(C(=O)C(=O)N3CCCC[C@H]3C(=O)O[C@H](C(C)C)[C@H](C)[C@@H](O)CC1=O)[C@H](C)C[C@@H]2OC. The number of fused-ring (bicyclic) bond motifs is 3. The molecular weight excluding hydrogens is 606 g/mol. The fourth-order valence-electron chi connectivity index (χ4n) is 7.64. The fourth-order valence-corrected chi connectivity index (χ4v) is 7.64. The van der Waals surface area contributed by atoms with Crippen LogP contribution in [-0.4, -0.2) is 102 Å². The van der Waals surface area contributed by atoms with E-state index in [1.54, 1.807) is 13.8 Å². The number of aliphatic hydroxyl groups excluding tert-OH is 1. The molecule has 0 aromatic rings. The minimum Gasteiger partial charge on any atom is -0.460 e. The Morgan fingerprint density at radius 1 is 1.02 bits per heavy atom. The topological polar surface area (TPSA) is 149 Å². The number of Topliss-reactive ketones (excluding diaryl/α,β-unsaturated/α-hetero) is 2. The molecule has 268 valence electrons. The lowest BCUT2D eigenvalue weighted by molar-refractivity contribution is -0.302. The summed E-state index contributed by atoms with van der Waals surface area (Å²) in [5.41, 5.74) is 1.02. The van der Waals surface area contributed by atoms with Crippen LogP contribution in [-0.2, 0) is 38.1 Å². The molecule has 3 aliphatic rings. The third-order valence-electron chi connectivity index (χ3n) is 10.6. The number of allylic oxidation sites excluding steroid dienone is 2. The second kappa shape index (κ2) is 17.0. The van der Waals surface area contributed by atoms with Crippen LogP contribution in [0.4, 0.5) is 0 Å². The largest absolute Gasteiger partial charge is 0.460 e. The Morgan fingerprint density at radius 3 is 2.26 bits per heavy atom. The third-order valence-corrected chi connectivity index (χ3v) is 10.6. The summed E-state index contributed by atoms with van der Waals surface area (Å²) in [6.45, 7) is 13.3. The third kappa shape index (κ3) is 9.09. The van der Waals surface area contributed by atoms with Crippen LogP contribution >= 0.6 is 0 Å². The molecule has 3 aliphatic heterocycles. The monoisotopic (exact) mass is 665 g/mol. The Bertz CT molecular complexity index is 1140. The molecule has 0 aromatic heterocycles. The van der Waals surface area contributed by atoms with Gasteiger partial charge in [0.2, 0.25) is 5.79 Å². The minimum atomic E-state index is -2.45. The van der Waals surface area contributed by atoms with Gasteiger partial charge in [0.25, 0.3) is 11.7 Å². The van der Waals surface area contributed by atoms with E-state index in [1.165, 1.54) is 19.1 Å². The number of methoxy groups -OCH3 is 2. The van der Waals surface area contributed by atoms with Gasteiger partial charge in [0, 0.05) is 44.9 Å². The van der Waals surface area contributed by atoms with Crippen molar-refractivity contribution in [3.05, 3.63) is 11.6 Å². The highest BCUT2D eigenvalue weighted by Gasteiger charge is 2.56. The Labute approximate surface area is 280 Å². The molecule has 0 spiro atoms. The lowest BCUT2D eigenvalue weighted by Gasteiger charge is -2.47. The van der Waals surface area contributed by atoms with Crippen molar-refractivity contribution in [1.82, 2.24) is 4.90 Å². The van der Waals surface area contributed by atoms with Crippen LogP contribution in [0.25, 0.3) is 0 Å². The molecule has 2 bridgehead atoms. The number of esters is 1. The first-order chi connectivity index (χ1) is 22.1. The Kier molecular flexibility index (Phi) is 14.2. The highest BCUT2D eigenvalue weighted by Crippen LogP contribution is 2.39. The molecular formula is C36H59NO10. The van der Waals surface area contributed by atoms with Gasteiger partial charge in [-0.2, -0.15) is 0 Å². The lowest BCUT2D eigenvalue weighted by Crippen LogP contribution is -2.64. The van der Waals surface area contributed by atoms with E-state index in [-0.39, 0.29) is 49.3 Å². The van der Waals surface area contributed by atoms with Gasteiger partial charge in [0.15, 0.2) is 0 Å². The van der Waals surface area contributed by atoms with Crippen LogP contribution in [0.3, 0.4) is 0 Å². The molecule has 0 radical (unpaired) electrons. The maximum Gasteiger partial charge on any atom is 0.329 e. The van der Waals surface area contributed by atoms with Crippen molar-refractivity contribution in [3.8, 4) is 0 Å². The van der Waals surface area contributed by atoms with Crippen LogP contribution in [0, 0.1) is 29.6 Å². The number of carbonyl (C=O) groups is 4. The predicted molar refractivity (Wildman–Crippen MR) is 175 cm³/mol. The molecule has 2 N–H and O–H groups in total. The number of ketones is 2. The van der Waals surface area contributed by atoms with Gasteiger partial charge in [-0.3, -0.25) is 14.4 Å². The van der Waals surface area contributed by atoms with Gasteiger partial charge in [-0.05, 0) is 63.7 Å². The van der Waals surface area contributed by atoms with Crippen molar-refractivity contribution < 1.29 is 48.3 Å². The summed E-state index contributed by atoms with van der Waals surface area (Å²) in [6.07, 6.45) is 1.64. The number of carbonyl (C=O) groups excluding carboxylic acids is 4. The number of nitrogens with zero attached hydrogens (tertiary/aromatic N) is 1. The van der Waals surface area contributed by atoms with E-state index < -0.39 is 71.8 Å². The van der Waals surface area contributed by atoms with Gasteiger partial charge in [-0.15, -0.1) is 0 Å². The van der Waals surface area contributed by atoms with E-state index in [0.717, 1.165) is 5.57 Å². The first kappa shape index (κ1) is 39.3. The van der Waals surface area contributed by atoms with Crippen molar-refractivity contribution in [1.29, 1.82) is 0 Å². The highest BCUT2D eigenvalue weighted by molar-refractivity contribution is 6.39. The quantitative estimate of drug-likeness (QED) is 0.256. The lowest BCUT2D eigenvalue weighted by atomic mass is 9.82. The molecule has 0 aliphatic carbocycles. The summed E-state index contributed by atoms with van der Waals surface area (Å²) in [4.78, 5) is 56.2. The van der Waals surface area contributed by atoms with Crippen LogP contribution in [0.1, 0.15) is 99.8 Å². The van der Waals surface area contributed by atoms with Gasteiger partial charge in [0.05, 0.1) is 18.3 Å². The minimum absolute atomic E-state index is 0.0680. The summed E-state index contributed by atoms with van der Waals surface area (Å²) < 4.78 is 23.8.